The molecule has 0 atom stereocenters. The minimum absolute atomic E-state index is 0.398. The smallest absolute Gasteiger partial charge is 0.276 e. The van der Waals surface area contributed by atoms with Crippen molar-refractivity contribution < 1.29 is 13.5 Å². The van der Waals surface area contributed by atoms with Gasteiger partial charge in [-0.15, -0.1) is 0 Å². The molecule has 0 aliphatic carbocycles. The predicted molar refractivity (Wildman–Crippen MR) is 57.4 cm³/mol. The number of hydrogen-bond donors (Lipinski definition) is 2. The molecule has 0 aromatic carbocycles. The molecule has 15 heavy (non-hydrogen) atoms. The molecule has 3 N–H and O–H groups in total. The number of nitrogens with two attached hydrogens (primary N) is 1. The summed E-state index contributed by atoms with van der Waals surface area (Å²) in [6.07, 6.45) is 0. The average molecular weight is 237 g/mol. The van der Waals surface area contributed by atoms with Crippen LogP contribution in [0.15, 0.2) is 0 Å². The SMILES string of the molecule is CC(C)(O)CN1CCN(S(N)(=O)=O)CC1. The Kier molecular flexibility index (Phi) is 3.72. The van der Waals surface area contributed by atoms with Crippen LogP contribution in [-0.4, -0.2) is 61.1 Å². The van der Waals surface area contributed by atoms with E-state index >= 15 is 0 Å². The van der Waals surface area contributed by atoms with Crippen LogP contribution in [0.25, 0.3) is 0 Å². The van der Waals surface area contributed by atoms with E-state index < -0.39 is 15.8 Å². The Morgan fingerprint density at radius 2 is 1.73 bits per heavy atom. The summed E-state index contributed by atoms with van der Waals surface area (Å²) < 4.78 is 23.3. The summed E-state index contributed by atoms with van der Waals surface area (Å²) in [5, 5.41) is 14.6. The zero-order valence-electron chi connectivity index (χ0n) is 9.18. The van der Waals surface area contributed by atoms with Gasteiger partial charge in [-0.25, -0.2) is 5.14 Å². The standard InChI is InChI=1S/C8H19N3O3S/c1-8(2,12)7-10-3-5-11(6-4-10)15(9,13)14/h12H,3-7H2,1-2H3,(H2,9,13,14). The normalized spacial score (nSPS) is 21.9. The molecule has 1 rings (SSSR count). The molecule has 0 bridgehead atoms. The van der Waals surface area contributed by atoms with Crippen molar-refractivity contribution >= 4 is 10.2 Å². The fourth-order valence-electron chi connectivity index (χ4n) is 1.69. The quantitative estimate of drug-likeness (QED) is 0.630. The molecule has 1 aliphatic heterocycles. The highest BCUT2D eigenvalue weighted by Crippen LogP contribution is 2.09. The van der Waals surface area contributed by atoms with Crippen molar-refractivity contribution in [1.82, 2.24) is 9.21 Å². The summed E-state index contributed by atoms with van der Waals surface area (Å²) in [5.74, 6) is 0. The van der Waals surface area contributed by atoms with Gasteiger partial charge < -0.3 is 5.11 Å². The van der Waals surface area contributed by atoms with E-state index in [1.54, 1.807) is 13.8 Å². The van der Waals surface area contributed by atoms with Crippen LogP contribution in [0.1, 0.15) is 13.8 Å². The lowest BCUT2D eigenvalue weighted by atomic mass is 10.1. The first kappa shape index (κ1) is 12.9. The van der Waals surface area contributed by atoms with E-state index in [9.17, 15) is 13.5 Å². The number of piperazine rings is 1. The number of rotatable bonds is 3. The van der Waals surface area contributed by atoms with Crippen LogP contribution in [0, 0.1) is 0 Å². The van der Waals surface area contributed by atoms with Gasteiger partial charge in [0.1, 0.15) is 0 Å². The molecule has 0 aromatic rings. The fourth-order valence-corrected chi connectivity index (χ4v) is 2.36. The van der Waals surface area contributed by atoms with E-state index in [-0.39, 0.29) is 0 Å². The van der Waals surface area contributed by atoms with Gasteiger partial charge in [0, 0.05) is 32.7 Å². The second-order valence-corrected chi connectivity index (χ2v) is 6.08. The maximum Gasteiger partial charge on any atom is 0.276 e. The Bertz CT molecular complexity index is 302. The highest BCUT2D eigenvalue weighted by Gasteiger charge is 2.26. The highest BCUT2D eigenvalue weighted by atomic mass is 32.2. The number of aliphatic hydroxyl groups is 1. The first-order valence-electron chi connectivity index (χ1n) is 4.91. The van der Waals surface area contributed by atoms with Crippen LogP contribution in [-0.2, 0) is 10.2 Å². The Labute approximate surface area is 90.8 Å². The number of β-amino-alcohol motifs (C(OH)–C–C–N with tert-alkyl or cyclic N) is 1. The van der Waals surface area contributed by atoms with Gasteiger partial charge in [0.25, 0.3) is 10.2 Å². The Hall–Kier alpha value is -0.210. The Morgan fingerprint density at radius 3 is 2.07 bits per heavy atom. The lowest BCUT2D eigenvalue weighted by Gasteiger charge is -2.35. The molecule has 0 aromatic heterocycles. The Morgan fingerprint density at radius 1 is 1.27 bits per heavy atom. The van der Waals surface area contributed by atoms with Crippen molar-refractivity contribution in [1.29, 1.82) is 0 Å². The molecule has 0 saturated carbocycles. The molecule has 1 aliphatic rings. The molecule has 1 fully saturated rings. The van der Waals surface area contributed by atoms with Crippen LogP contribution in [0.3, 0.4) is 0 Å². The average Bonchev–Trinajstić information content (AvgIpc) is 2.00. The van der Waals surface area contributed by atoms with Crippen LogP contribution < -0.4 is 5.14 Å². The monoisotopic (exact) mass is 237 g/mol. The van der Waals surface area contributed by atoms with Crippen molar-refractivity contribution in [2.24, 2.45) is 5.14 Å². The van der Waals surface area contributed by atoms with Gasteiger partial charge in [-0.05, 0) is 13.8 Å². The zero-order chi connectivity index (χ0) is 11.7. The van der Waals surface area contributed by atoms with Crippen LogP contribution >= 0.6 is 0 Å². The van der Waals surface area contributed by atoms with Crippen molar-refractivity contribution in [2.75, 3.05) is 32.7 Å². The van der Waals surface area contributed by atoms with Crippen molar-refractivity contribution in [3.63, 3.8) is 0 Å². The Balaban J connectivity index is 2.43. The zero-order valence-corrected chi connectivity index (χ0v) is 10.00. The molecule has 0 amide bonds. The van der Waals surface area contributed by atoms with Gasteiger partial charge >= 0.3 is 0 Å². The van der Waals surface area contributed by atoms with E-state index in [0.717, 1.165) is 0 Å². The molecule has 0 unspecified atom stereocenters. The maximum atomic E-state index is 11.0. The third-order valence-corrected chi connectivity index (χ3v) is 3.39. The topological polar surface area (TPSA) is 86.9 Å². The second kappa shape index (κ2) is 4.34. The van der Waals surface area contributed by atoms with Crippen molar-refractivity contribution in [2.45, 2.75) is 19.4 Å². The lowest BCUT2D eigenvalue weighted by molar-refractivity contribution is 0.0263. The minimum atomic E-state index is -3.55. The molecule has 1 heterocycles. The second-order valence-electron chi connectivity index (χ2n) is 4.53. The predicted octanol–water partition coefficient (Wildman–Crippen LogP) is -1.42. The molecule has 6 nitrogen and oxygen atoms in total. The molecule has 90 valence electrons. The van der Waals surface area contributed by atoms with Gasteiger partial charge in [0.2, 0.25) is 0 Å². The summed E-state index contributed by atoms with van der Waals surface area (Å²) >= 11 is 0. The lowest BCUT2D eigenvalue weighted by Crippen LogP contribution is -2.53. The number of hydrogen-bond acceptors (Lipinski definition) is 4. The fraction of sp³-hybridized carbons (Fsp3) is 1.00. The third-order valence-electron chi connectivity index (χ3n) is 2.30. The van der Waals surface area contributed by atoms with Gasteiger partial charge in [-0.2, -0.15) is 12.7 Å². The van der Waals surface area contributed by atoms with Crippen molar-refractivity contribution in [3.05, 3.63) is 0 Å². The molecular formula is C8H19N3O3S. The summed E-state index contributed by atoms with van der Waals surface area (Å²) in [5.41, 5.74) is -0.746. The van der Waals surface area contributed by atoms with E-state index in [2.05, 4.69) is 0 Å². The first-order valence-corrected chi connectivity index (χ1v) is 6.41. The first-order chi connectivity index (χ1) is 6.68. The van der Waals surface area contributed by atoms with E-state index in [4.69, 9.17) is 5.14 Å². The van der Waals surface area contributed by atoms with Gasteiger partial charge in [0.15, 0.2) is 0 Å². The molecular weight excluding hydrogens is 218 g/mol. The molecule has 0 spiro atoms. The van der Waals surface area contributed by atoms with Crippen molar-refractivity contribution in [3.8, 4) is 0 Å². The largest absolute Gasteiger partial charge is 0.389 e. The minimum Gasteiger partial charge on any atom is -0.389 e. The van der Waals surface area contributed by atoms with Crippen LogP contribution in [0.5, 0.6) is 0 Å². The van der Waals surface area contributed by atoms with Crippen LogP contribution in [0.2, 0.25) is 0 Å². The highest BCUT2D eigenvalue weighted by molar-refractivity contribution is 7.86. The van der Waals surface area contributed by atoms with Gasteiger partial charge in [-0.1, -0.05) is 0 Å². The molecule has 0 radical (unpaired) electrons. The van der Waals surface area contributed by atoms with E-state index in [1.165, 1.54) is 4.31 Å². The van der Waals surface area contributed by atoms with E-state index in [0.29, 0.717) is 32.7 Å². The van der Waals surface area contributed by atoms with E-state index in [1.807, 2.05) is 4.90 Å². The summed E-state index contributed by atoms with van der Waals surface area (Å²) in [6.45, 7) is 6.04. The molecule has 7 heteroatoms. The maximum absolute atomic E-state index is 11.0. The number of nitrogens with zero attached hydrogens (tertiary/aromatic N) is 2. The molecule has 1 saturated heterocycles. The summed E-state index contributed by atoms with van der Waals surface area (Å²) in [6, 6.07) is 0. The summed E-state index contributed by atoms with van der Waals surface area (Å²) in [7, 11) is -3.55. The van der Waals surface area contributed by atoms with Gasteiger partial charge in [0.05, 0.1) is 5.60 Å². The summed E-state index contributed by atoms with van der Waals surface area (Å²) in [4.78, 5) is 2.03. The third kappa shape index (κ3) is 4.43. The van der Waals surface area contributed by atoms with Gasteiger partial charge in [-0.3, -0.25) is 4.90 Å². The van der Waals surface area contributed by atoms with Crippen LogP contribution in [0.4, 0.5) is 0 Å².